The Balaban J connectivity index is 0.000000160. The Labute approximate surface area is 195 Å². The molecule has 5 rings (SSSR count). The largest absolute Gasteiger partial charge is 0.351 e. The third kappa shape index (κ3) is 5.83. The normalized spacial score (nSPS) is 15.8. The molecule has 7 nitrogen and oxygen atoms in total. The Morgan fingerprint density at radius 1 is 1.15 bits per heavy atom. The van der Waals surface area contributed by atoms with Crippen LogP contribution in [0.1, 0.15) is 61.5 Å². The zero-order valence-corrected chi connectivity index (χ0v) is 19.8. The van der Waals surface area contributed by atoms with E-state index in [1.54, 1.807) is 6.20 Å². The smallest absolute Gasteiger partial charge is 0.270 e. The number of H-pyrrole nitrogens is 1. The van der Waals surface area contributed by atoms with Crippen molar-refractivity contribution in [1.82, 2.24) is 24.6 Å². The molecule has 1 aliphatic carbocycles. The SMILES string of the molecule is CCc1cccc2[nH]c(C(=O)N(C)C3CC3)cc12.O=C(CCn1cccn1)N1CCCCC1. The van der Waals surface area contributed by atoms with Crippen LogP contribution in [0.4, 0.5) is 0 Å². The van der Waals surface area contributed by atoms with Crippen molar-refractivity contribution in [3.8, 4) is 0 Å². The van der Waals surface area contributed by atoms with Crippen molar-refractivity contribution >= 4 is 22.7 Å². The standard InChI is InChI=1S/C15H18N2O.C11H17N3O/c1-3-10-5-4-6-13-12(10)9-14(16-13)15(18)17(2)11-7-8-11;15-11(13-7-2-1-3-8-13)5-10-14-9-4-6-12-14/h4-6,9,11,16H,3,7-8H2,1-2H3;4,6,9H,1-3,5,7-8,10H2. The van der Waals surface area contributed by atoms with E-state index >= 15 is 0 Å². The van der Waals surface area contributed by atoms with E-state index in [-0.39, 0.29) is 11.8 Å². The molecule has 33 heavy (non-hydrogen) atoms. The second-order valence-electron chi connectivity index (χ2n) is 9.02. The van der Waals surface area contributed by atoms with Gasteiger partial charge in [-0.25, -0.2) is 0 Å². The molecule has 0 unspecified atom stereocenters. The van der Waals surface area contributed by atoms with Gasteiger partial charge in [-0.3, -0.25) is 14.3 Å². The molecule has 0 spiro atoms. The highest BCUT2D eigenvalue weighted by molar-refractivity contribution is 5.99. The first kappa shape index (κ1) is 23.1. The second kappa shape index (κ2) is 10.7. The monoisotopic (exact) mass is 449 g/mol. The number of hydrogen-bond acceptors (Lipinski definition) is 3. The third-order valence-corrected chi connectivity index (χ3v) is 6.60. The van der Waals surface area contributed by atoms with Crippen molar-refractivity contribution < 1.29 is 9.59 Å². The van der Waals surface area contributed by atoms with E-state index in [1.807, 2.05) is 52.0 Å². The van der Waals surface area contributed by atoms with Crippen molar-refractivity contribution in [1.29, 1.82) is 0 Å². The Kier molecular flexibility index (Phi) is 7.47. The zero-order valence-electron chi connectivity index (χ0n) is 19.8. The van der Waals surface area contributed by atoms with Gasteiger partial charge < -0.3 is 14.8 Å². The van der Waals surface area contributed by atoms with Crippen molar-refractivity contribution in [2.24, 2.45) is 0 Å². The first-order valence-electron chi connectivity index (χ1n) is 12.2. The molecule has 2 aromatic heterocycles. The van der Waals surface area contributed by atoms with Crippen molar-refractivity contribution in [3.05, 3.63) is 54.0 Å². The van der Waals surface area contributed by atoms with Gasteiger partial charge in [-0.15, -0.1) is 0 Å². The average molecular weight is 450 g/mol. The maximum absolute atomic E-state index is 12.3. The van der Waals surface area contributed by atoms with Crippen LogP contribution >= 0.6 is 0 Å². The van der Waals surface area contributed by atoms with Crippen LogP contribution in [0.2, 0.25) is 0 Å². The maximum Gasteiger partial charge on any atom is 0.270 e. The predicted octanol–water partition coefficient (Wildman–Crippen LogP) is 4.25. The highest BCUT2D eigenvalue weighted by Crippen LogP contribution is 2.28. The van der Waals surface area contributed by atoms with Gasteiger partial charge >= 0.3 is 0 Å². The molecule has 1 aliphatic heterocycles. The maximum atomic E-state index is 12.3. The number of carbonyl (C=O) groups excluding carboxylic acids is 2. The molecule has 7 heteroatoms. The molecule has 3 aromatic rings. The highest BCUT2D eigenvalue weighted by atomic mass is 16.2. The fourth-order valence-electron chi connectivity index (χ4n) is 4.40. The third-order valence-electron chi connectivity index (χ3n) is 6.60. The van der Waals surface area contributed by atoms with Gasteiger partial charge in [0.15, 0.2) is 0 Å². The number of nitrogens with one attached hydrogen (secondary N) is 1. The van der Waals surface area contributed by atoms with Gasteiger partial charge in [-0.1, -0.05) is 19.1 Å². The van der Waals surface area contributed by atoms with E-state index in [0.717, 1.165) is 50.7 Å². The zero-order chi connectivity index (χ0) is 23.2. The van der Waals surface area contributed by atoms with Gasteiger partial charge in [0.05, 0.1) is 0 Å². The number of fused-ring (bicyclic) bond motifs is 1. The molecule has 176 valence electrons. The van der Waals surface area contributed by atoms with Crippen LogP contribution in [-0.4, -0.2) is 62.6 Å². The molecule has 1 N–H and O–H groups in total. The van der Waals surface area contributed by atoms with Gasteiger partial charge in [-0.2, -0.15) is 5.10 Å². The molecule has 0 radical (unpaired) electrons. The molecule has 2 aliphatic rings. The van der Waals surface area contributed by atoms with E-state index < -0.39 is 0 Å². The van der Waals surface area contributed by atoms with Crippen LogP contribution in [0.3, 0.4) is 0 Å². The van der Waals surface area contributed by atoms with Gasteiger partial charge in [0.2, 0.25) is 5.91 Å². The van der Waals surface area contributed by atoms with E-state index in [9.17, 15) is 9.59 Å². The lowest BCUT2D eigenvalue weighted by Gasteiger charge is -2.26. The first-order chi connectivity index (χ1) is 16.1. The number of amides is 2. The number of nitrogens with zero attached hydrogens (tertiary/aromatic N) is 4. The first-order valence-corrected chi connectivity index (χ1v) is 12.2. The quantitative estimate of drug-likeness (QED) is 0.611. The fourth-order valence-corrected chi connectivity index (χ4v) is 4.40. The number of benzene rings is 1. The molecule has 1 saturated heterocycles. The number of aryl methyl sites for hydroxylation is 2. The van der Waals surface area contributed by atoms with E-state index in [1.165, 1.54) is 17.4 Å². The molecule has 2 fully saturated rings. The summed E-state index contributed by atoms with van der Waals surface area (Å²) in [6.07, 6.45) is 11.1. The van der Waals surface area contributed by atoms with Gasteiger partial charge in [0.1, 0.15) is 5.69 Å². The Morgan fingerprint density at radius 2 is 1.94 bits per heavy atom. The number of aromatic nitrogens is 3. The number of rotatable bonds is 6. The summed E-state index contributed by atoms with van der Waals surface area (Å²) in [5.41, 5.74) is 3.05. The number of likely N-dealkylation sites (tertiary alicyclic amines) is 1. The minimum atomic E-state index is 0.107. The van der Waals surface area contributed by atoms with E-state index in [2.05, 4.69) is 23.1 Å². The molecular weight excluding hydrogens is 414 g/mol. The van der Waals surface area contributed by atoms with Gasteiger partial charge in [-0.05, 0) is 62.3 Å². The highest BCUT2D eigenvalue weighted by Gasteiger charge is 2.30. The number of hydrogen-bond donors (Lipinski definition) is 1. The summed E-state index contributed by atoms with van der Waals surface area (Å²) >= 11 is 0. The van der Waals surface area contributed by atoms with Crippen molar-refractivity contribution in [3.63, 3.8) is 0 Å². The molecule has 3 heterocycles. The lowest BCUT2D eigenvalue weighted by molar-refractivity contribution is -0.132. The van der Waals surface area contributed by atoms with Gasteiger partial charge in [0.25, 0.3) is 5.91 Å². The topological polar surface area (TPSA) is 74.2 Å². The Bertz CT molecular complexity index is 1060. The van der Waals surface area contributed by atoms with Gasteiger partial charge in [0, 0.05) is 62.4 Å². The minimum Gasteiger partial charge on any atom is -0.351 e. The summed E-state index contributed by atoms with van der Waals surface area (Å²) in [6, 6.07) is 10.5. The molecule has 1 aromatic carbocycles. The lowest BCUT2D eigenvalue weighted by atomic mass is 10.1. The molecule has 2 amide bonds. The minimum absolute atomic E-state index is 0.107. The number of carbonyl (C=O) groups is 2. The van der Waals surface area contributed by atoms with E-state index in [0.29, 0.717) is 24.7 Å². The van der Waals surface area contributed by atoms with Crippen LogP contribution in [-0.2, 0) is 17.8 Å². The second-order valence-corrected chi connectivity index (χ2v) is 9.02. The summed E-state index contributed by atoms with van der Waals surface area (Å²) in [5, 5.41) is 5.25. The summed E-state index contributed by atoms with van der Waals surface area (Å²) in [5.74, 6) is 0.376. The summed E-state index contributed by atoms with van der Waals surface area (Å²) in [7, 11) is 1.90. The number of piperidine rings is 1. The lowest BCUT2D eigenvalue weighted by Crippen LogP contribution is -2.36. The van der Waals surface area contributed by atoms with Crippen LogP contribution in [0.5, 0.6) is 0 Å². The average Bonchev–Trinajstić information content (AvgIpc) is 3.39. The summed E-state index contributed by atoms with van der Waals surface area (Å²) < 4.78 is 1.81. The number of aromatic amines is 1. The summed E-state index contributed by atoms with van der Waals surface area (Å²) in [4.78, 5) is 31.1. The summed E-state index contributed by atoms with van der Waals surface area (Å²) in [6.45, 7) is 4.72. The predicted molar refractivity (Wildman–Crippen MR) is 130 cm³/mol. The van der Waals surface area contributed by atoms with Crippen molar-refractivity contribution in [2.45, 2.75) is 64.5 Å². The van der Waals surface area contributed by atoms with Crippen molar-refractivity contribution in [2.75, 3.05) is 20.1 Å². The fraction of sp³-hybridized carbons (Fsp3) is 0.500. The molecule has 1 saturated carbocycles. The Hall–Kier alpha value is -3.09. The van der Waals surface area contributed by atoms with Crippen LogP contribution in [0.25, 0.3) is 10.9 Å². The molecule has 0 bridgehead atoms. The Morgan fingerprint density at radius 3 is 2.61 bits per heavy atom. The van der Waals surface area contributed by atoms with E-state index in [4.69, 9.17) is 0 Å². The molecule has 0 atom stereocenters. The van der Waals surface area contributed by atoms with Crippen LogP contribution in [0.15, 0.2) is 42.7 Å². The van der Waals surface area contributed by atoms with Crippen LogP contribution < -0.4 is 0 Å². The molecular formula is C26H35N5O2. The van der Waals surface area contributed by atoms with Crippen LogP contribution in [0, 0.1) is 0 Å².